The van der Waals surface area contributed by atoms with Gasteiger partial charge in [0, 0.05) is 40.5 Å². The lowest BCUT2D eigenvalue weighted by molar-refractivity contribution is 0.178. The second-order valence-electron chi connectivity index (χ2n) is 5.16. The Morgan fingerprint density at radius 1 is 1.30 bits per heavy atom. The molecule has 0 spiro atoms. The lowest BCUT2D eigenvalue weighted by atomic mass is 10.3. The zero-order chi connectivity index (χ0) is 16.4. The lowest BCUT2D eigenvalue weighted by Gasteiger charge is -2.17. The van der Waals surface area contributed by atoms with Gasteiger partial charge in [0.1, 0.15) is 12.4 Å². The molecule has 0 aromatic carbocycles. The van der Waals surface area contributed by atoms with E-state index in [9.17, 15) is 0 Å². The first-order valence-corrected chi connectivity index (χ1v) is 7.46. The third kappa shape index (κ3) is 8.47. The smallest absolute Gasteiger partial charge is 0.191 e. The number of rotatable bonds is 9. The van der Waals surface area contributed by atoms with Crippen molar-refractivity contribution in [2.45, 2.75) is 32.9 Å². The molecule has 0 saturated heterocycles. The van der Waals surface area contributed by atoms with Crippen LogP contribution in [0.25, 0.3) is 0 Å². The van der Waals surface area contributed by atoms with E-state index >= 15 is 0 Å². The van der Waals surface area contributed by atoms with Gasteiger partial charge in [0.25, 0.3) is 0 Å². The van der Waals surface area contributed by atoms with E-state index in [1.165, 1.54) is 0 Å². The maximum Gasteiger partial charge on any atom is 0.191 e. The van der Waals surface area contributed by atoms with Crippen molar-refractivity contribution in [1.82, 2.24) is 25.4 Å². The van der Waals surface area contributed by atoms with Gasteiger partial charge in [-0.05, 0) is 20.3 Å². The van der Waals surface area contributed by atoms with Crippen molar-refractivity contribution in [3.63, 3.8) is 0 Å². The summed E-state index contributed by atoms with van der Waals surface area (Å²) in [5.74, 6) is 2.44. The molecule has 1 aromatic heterocycles. The van der Waals surface area contributed by atoms with Gasteiger partial charge in [-0.1, -0.05) is 0 Å². The molecule has 1 atom stereocenters. The van der Waals surface area contributed by atoms with E-state index in [4.69, 9.17) is 9.47 Å². The minimum absolute atomic E-state index is 0. The average Bonchev–Trinajstić information content (AvgIpc) is 2.81. The molecule has 0 aliphatic rings. The van der Waals surface area contributed by atoms with Crippen LogP contribution in [0.2, 0.25) is 0 Å². The van der Waals surface area contributed by atoms with Crippen molar-refractivity contribution in [2.24, 2.45) is 12.0 Å². The van der Waals surface area contributed by atoms with Crippen LogP contribution in [0.5, 0.6) is 0 Å². The Kier molecular flexibility index (Phi) is 12.0. The molecule has 8 nitrogen and oxygen atoms in total. The van der Waals surface area contributed by atoms with Crippen molar-refractivity contribution in [3.05, 3.63) is 11.6 Å². The van der Waals surface area contributed by atoms with Crippen LogP contribution < -0.4 is 10.6 Å². The van der Waals surface area contributed by atoms with Gasteiger partial charge in [-0.15, -0.1) is 34.2 Å². The standard InChI is InChI=1S/C14H28N6O2.HI/c1-11(10-22-5)17-14(15-7-6-8-21-4)16-9-13-19-18-12(2)20(13)3;/h11H,6-10H2,1-5H3,(H2,15,16,17);1H. The minimum atomic E-state index is 0. The molecule has 0 amide bonds. The second-order valence-corrected chi connectivity index (χ2v) is 5.16. The summed E-state index contributed by atoms with van der Waals surface area (Å²) in [4.78, 5) is 4.56. The zero-order valence-electron chi connectivity index (χ0n) is 14.6. The number of nitrogens with one attached hydrogen (secondary N) is 2. The Morgan fingerprint density at radius 3 is 2.61 bits per heavy atom. The van der Waals surface area contributed by atoms with Crippen molar-refractivity contribution < 1.29 is 9.47 Å². The largest absolute Gasteiger partial charge is 0.385 e. The molecule has 2 N–H and O–H groups in total. The zero-order valence-corrected chi connectivity index (χ0v) is 17.0. The van der Waals surface area contributed by atoms with E-state index in [0.717, 1.165) is 37.2 Å². The van der Waals surface area contributed by atoms with Crippen LogP contribution >= 0.6 is 24.0 Å². The van der Waals surface area contributed by atoms with E-state index in [-0.39, 0.29) is 30.0 Å². The van der Waals surface area contributed by atoms with Gasteiger partial charge in [-0.25, -0.2) is 4.99 Å². The molecule has 0 fully saturated rings. The van der Waals surface area contributed by atoms with E-state index in [0.29, 0.717) is 13.2 Å². The molecule has 23 heavy (non-hydrogen) atoms. The van der Waals surface area contributed by atoms with E-state index in [1.54, 1.807) is 14.2 Å². The summed E-state index contributed by atoms with van der Waals surface area (Å²) in [7, 11) is 5.32. The van der Waals surface area contributed by atoms with Crippen LogP contribution in [0.3, 0.4) is 0 Å². The van der Waals surface area contributed by atoms with Crippen LogP contribution in [0.15, 0.2) is 4.99 Å². The van der Waals surface area contributed by atoms with Crippen molar-refractivity contribution >= 4 is 29.9 Å². The number of ether oxygens (including phenoxy) is 2. The molecule has 1 heterocycles. The van der Waals surface area contributed by atoms with Gasteiger partial charge < -0.3 is 24.7 Å². The first kappa shape index (κ1) is 22.1. The predicted octanol–water partition coefficient (Wildman–Crippen LogP) is 0.848. The van der Waals surface area contributed by atoms with Crippen LogP contribution in [0.4, 0.5) is 0 Å². The molecule has 0 bridgehead atoms. The van der Waals surface area contributed by atoms with Crippen LogP contribution in [0.1, 0.15) is 25.0 Å². The monoisotopic (exact) mass is 440 g/mol. The van der Waals surface area contributed by atoms with Crippen LogP contribution in [-0.2, 0) is 23.1 Å². The summed E-state index contributed by atoms with van der Waals surface area (Å²) in [6.45, 7) is 6.55. The molecular weight excluding hydrogens is 411 g/mol. The number of guanidine groups is 1. The van der Waals surface area contributed by atoms with E-state index < -0.39 is 0 Å². The summed E-state index contributed by atoms with van der Waals surface area (Å²) in [5.41, 5.74) is 0. The molecule has 9 heteroatoms. The van der Waals surface area contributed by atoms with Gasteiger partial charge in [0.05, 0.1) is 6.61 Å². The van der Waals surface area contributed by atoms with Gasteiger partial charge >= 0.3 is 0 Å². The highest BCUT2D eigenvalue weighted by Gasteiger charge is 2.07. The van der Waals surface area contributed by atoms with Crippen LogP contribution in [0, 0.1) is 6.92 Å². The highest BCUT2D eigenvalue weighted by Crippen LogP contribution is 1.99. The van der Waals surface area contributed by atoms with Crippen LogP contribution in [-0.4, -0.2) is 60.7 Å². The average molecular weight is 440 g/mol. The first-order valence-electron chi connectivity index (χ1n) is 7.46. The summed E-state index contributed by atoms with van der Waals surface area (Å²) in [6, 6.07) is 0.167. The molecule has 0 saturated carbocycles. The number of aryl methyl sites for hydroxylation is 1. The Labute approximate surface area is 155 Å². The Balaban J connectivity index is 0.00000484. The minimum Gasteiger partial charge on any atom is -0.385 e. The van der Waals surface area contributed by atoms with E-state index in [2.05, 4.69) is 25.8 Å². The van der Waals surface area contributed by atoms with Crippen molar-refractivity contribution in [1.29, 1.82) is 0 Å². The highest BCUT2D eigenvalue weighted by molar-refractivity contribution is 14.0. The lowest BCUT2D eigenvalue weighted by Crippen LogP contribution is -2.44. The first-order chi connectivity index (χ1) is 10.6. The summed E-state index contributed by atoms with van der Waals surface area (Å²) in [5, 5.41) is 14.7. The predicted molar refractivity (Wildman–Crippen MR) is 101 cm³/mol. The summed E-state index contributed by atoms with van der Waals surface area (Å²) < 4.78 is 12.1. The topological polar surface area (TPSA) is 85.6 Å². The van der Waals surface area contributed by atoms with Gasteiger partial charge in [0.15, 0.2) is 11.8 Å². The molecule has 0 aliphatic heterocycles. The number of nitrogens with zero attached hydrogens (tertiary/aromatic N) is 4. The number of hydrogen-bond acceptors (Lipinski definition) is 5. The molecule has 1 unspecified atom stereocenters. The van der Waals surface area contributed by atoms with Crippen molar-refractivity contribution in [2.75, 3.05) is 34.0 Å². The highest BCUT2D eigenvalue weighted by atomic mass is 127. The molecular formula is C14H29IN6O2. The second kappa shape index (κ2) is 12.5. The van der Waals surface area contributed by atoms with Gasteiger partial charge in [-0.2, -0.15) is 0 Å². The maximum atomic E-state index is 5.14. The summed E-state index contributed by atoms with van der Waals surface area (Å²) >= 11 is 0. The molecule has 0 radical (unpaired) electrons. The normalized spacial score (nSPS) is 12.7. The van der Waals surface area contributed by atoms with Crippen molar-refractivity contribution in [3.8, 4) is 0 Å². The van der Waals surface area contributed by atoms with E-state index in [1.807, 2.05) is 25.5 Å². The molecule has 1 aromatic rings. The Hall–Kier alpha value is -0.940. The third-order valence-corrected chi connectivity index (χ3v) is 3.18. The Morgan fingerprint density at radius 2 is 2.04 bits per heavy atom. The van der Waals surface area contributed by atoms with Gasteiger partial charge in [0.2, 0.25) is 0 Å². The molecule has 1 rings (SSSR count). The number of hydrogen-bond donors (Lipinski definition) is 2. The fraction of sp³-hybridized carbons (Fsp3) is 0.786. The van der Waals surface area contributed by atoms with Gasteiger partial charge in [-0.3, -0.25) is 0 Å². The number of aliphatic imine (C=N–C) groups is 1. The SMILES string of the molecule is COCCCNC(=NCc1nnc(C)n1C)NC(C)COC.I. The summed E-state index contributed by atoms with van der Waals surface area (Å²) in [6.07, 6.45) is 0.916. The fourth-order valence-corrected chi connectivity index (χ4v) is 1.84. The number of halogens is 1. The Bertz CT molecular complexity index is 466. The third-order valence-electron chi connectivity index (χ3n) is 3.18. The number of aromatic nitrogens is 3. The molecule has 0 aliphatic carbocycles. The molecule has 134 valence electrons. The quantitative estimate of drug-likeness (QED) is 0.256. The number of methoxy groups -OCH3 is 2. The maximum absolute atomic E-state index is 5.14. The fourth-order valence-electron chi connectivity index (χ4n) is 1.84.